The first kappa shape index (κ1) is 17.4. The zero-order chi connectivity index (χ0) is 16.8. The van der Waals surface area contributed by atoms with Gasteiger partial charge in [0.1, 0.15) is 5.60 Å². The van der Waals surface area contributed by atoms with Gasteiger partial charge in [0.05, 0.1) is 0 Å². The Hall–Kier alpha value is -1.43. The van der Waals surface area contributed by atoms with Crippen molar-refractivity contribution in [2.24, 2.45) is 0 Å². The molecule has 0 spiro atoms. The van der Waals surface area contributed by atoms with Crippen LogP contribution in [-0.2, 0) is 22.5 Å². The lowest BCUT2D eigenvalue weighted by Gasteiger charge is -2.35. The van der Waals surface area contributed by atoms with E-state index in [-0.39, 0.29) is 5.91 Å². The second kappa shape index (κ2) is 8.10. The molecule has 1 aromatic rings. The van der Waals surface area contributed by atoms with Gasteiger partial charge in [-0.1, -0.05) is 24.3 Å². The van der Waals surface area contributed by atoms with Gasteiger partial charge in [-0.25, -0.2) is 0 Å². The maximum Gasteiger partial charge on any atom is 0.252 e. The first-order valence-electron chi connectivity index (χ1n) is 9.07. The third kappa shape index (κ3) is 3.97. The van der Waals surface area contributed by atoms with E-state index in [2.05, 4.69) is 39.8 Å². The normalized spacial score (nSPS) is 20.4. The van der Waals surface area contributed by atoms with E-state index < -0.39 is 5.60 Å². The summed E-state index contributed by atoms with van der Waals surface area (Å²) in [5, 5.41) is 6.36. The van der Waals surface area contributed by atoms with Crippen molar-refractivity contribution in [1.29, 1.82) is 0 Å². The monoisotopic (exact) mass is 331 g/mol. The average Bonchev–Trinajstić information content (AvgIpc) is 2.65. The van der Waals surface area contributed by atoms with E-state index in [4.69, 9.17) is 4.74 Å². The second-order valence-corrected chi connectivity index (χ2v) is 6.85. The summed E-state index contributed by atoms with van der Waals surface area (Å²) < 4.78 is 5.56. The van der Waals surface area contributed by atoms with E-state index in [0.29, 0.717) is 0 Å². The lowest BCUT2D eigenvalue weighted by atomic mass is 9.91. The van der Waals surface area contributed by atoms with Crippen LogP contribution in [0, 0.1) is 0 Å². The summed E-state index contributed by atoms with van der Waals surface area (Å²) in [6.07, 6.45) is 3.60. The van der Waals surface area contributed by atoms with Crippen molar-refractivity contribution in [3.05, 3.63) is 35.4 Å². The minimum Gasteiger partial charge on any atom is -0.368 e. The number of benzene rings is 1. The Kier molecular flexibility index (Phi) is 5.87. The average molecular weight is 331 g/mol. The van der Waals surface area contributed by atoms with Gasteiger partial charge in [-0.15, -0.1) is 0 Å². The number of hydrogen-bond acceptors (Lipinski definition) is 4. The highest BCUT2D eigenvalue weighted by Crippen LogP contribution is 2.22. The first-order chi connectivity index (χ1) is 11.7. The maximum atomic E-state index is 12.5. The summed E-state index contributed by atoms with van der Waals surface area (Å²) in [5.74, 6) is 0.0514. The van der Waals surface area contributed by atoms with Crippen molar-refractivity contribution < 1.29 is 9.53 Å². The van der Waals surface area contributed by atoms with Gasteiger partial charge in [-0.3, -0.25) is 9.69 Å². The largest absolute Gasteiger partial charge is 0.368 e. The second-order valence-electron chi connectivity index (χ2n) is 6.85. The van der Waals surface area contributed by atoms with Crippen molar-refractivity contribution in [3.63, 3.8) is 0 Å². The molecule has 24 heavy (non-hydrogen) atoms. The quantitative estimate of drug-likeness (QED) is 0.772. The van der Waals surface area contributed by atoms with E-state index in [1.54, 1.807) is 7.11 Å². The van der Waals surface area contributed by atoms with Crippen molar-refractivity contribution in [3.8, 4) is 0 Å². The Morgan fingerprint density at radius 1 is 1.29 bits per heavy atom. The van der Waals surface area contributed by atoms with Crippen molar-refractivity contribution in [2.75, 3.05) is 39.8 Å². The van der Waals surface area contributed by atoms with Gasteiger partial charge < -0.3 is 15.4 Å². The Balaban J connectivity index is 1.40. The minimum absolute atomic E-state index is 0.0514. The molecule has 0 saturated carbocycles. The summed E-state index contributed by atoms with van der Waals surface area (Å²) in [7, 11) is 1.65. The Bertz CT molecular complexity index is 555. The molecule has 1 fully saturated rings. The lowest BCUT2D eigenvalue weighted by Crippen LogP contribution is -2.54. The van der Waals surface area contributed by atoms with Crippen LogP contribution in [-0.4, -0.2) is 56.2 Å². The fraction of sp³-hybridized carbons (Fsp3) is 0.632. The number of carbonyl (C=O) groups excluding carboxylic acids is 1. The molecule has 0 aliphatic carbocycles. The number of amides is 1. The molecular weight excluding hydrogens is 302 g/mol. The Morgan fingerprint density at radius 3 is 2.79 bits per heavy atom. The SMILES string of the molecule is COC1(C(=O)NCCCN2CCc3ccccc3C2)CCNCC1. The van der Waals surface area contributed by atoms with Gasteiger partial charge in [-0.05, 0) is 49.9 Å². The molecule has 2 heterocycles. The van der Waals surface area contributed by atoms with Crippen molar-refractivity contribution in [1.82, 2.24) is 15.5 Å². The van der Waals surface area contributed by atoms with Crippen LogP contribution >= 0.6 is 0 Å². The van der Waals surface area contributed by atoms with E-state index in [1.165, 1.54) is 11.1 Å². The fourth-order valence-electron chi connectivity index (χ4n) is 3.77. The molecule has 1 amide bonds. The Morgan fingerprint density at radius 2 is 2.04 bits per heavy atom. The van der Waals surface area contributed by atoms with Gasteiger partial charge in [0.2, 0.25) is 0 Å². The highest BCUT2D eigenvalue weighted by molar-refractivity contribution is 5.85. The van der Waals surface area contributed by atoms with E-state index >= 15 is 0 Å². The topological polar surface area (TPSA) is 53.6 Å². The molecule has 0 unspecified atom stereocenters. The van der Waals surface area contributed by atoms with E-state index in [1.807, 2.05) is 0 Å². The van der Waals surface area contributed by atoms with Crippen LogP contribution < -0.4 is 10.6 Å². The molecule has 0 bridgehead atoms. The predicted molar refractivity (Wildman–Crippen MR) is 94.9 cm³/mol. The summed E-state index contributed by atoms with van der Waals surface area (Å²) in [5.41, 5.74) is 2.30. The molecular formula is C19H29N3O2. The van der Waals surface area contributed by atoms with E-state index in [0.717, 1.165) is 65.0 Å². The van der Waals surface area contributed by atoms with Gasteiger partial charge in [-0.2, -0.15) is 0 Å². The van der Waals surface area contributed by atoms with Gasteiger partial charge in [0.25, 0.3) is 5.91 Å². The molecule has 2 aliphatic heterocycles. The fourth-order valence-corrected chi connectivity index (χ4v) is 3.77. The van der Waals surface area contributed by atoms with Crippen LogP contribution in [0.1, 0.15) is 30.4 Å². The van der Waals surface area contributed by atoms with Crippen LogP contribution in [0.4, 0.5) is 0 Å². The van der Waals surface area contributed by atoms with Crippen molar-refractivity contribution in [2.45, 2.75) is 37.8 Å². The summed E-state index contributed by atoms with van der Waals surface area (Å²) in [4.78, 5) is 15.0. The van der Waals surface area contributed by atoms with Crippen LogP contribution in [0.3, 0.4) is 0 Å². The molecule has 3 rings (SSSR count). The molecule has 0 aromatic heterocycles. The zero-order valence-electron chi connectivity index (χ0n) is 14.6. The van der Waals surface area contributed by atoms with Gasteiger partial charge in [0, 0.05) is 33.3 Å². The molecule has 0 atom stereocenters. The molecule has 1 saturated heterocycles. The standard InChI is InChI=1S/C19H29N3O2/c1-24-19(8-11-20-12-9-19)18(23)21-10-4-13-22-14-7-16-5-2-3-6-17(16)15-22/h2-3,5-6,20H,4,7-15H2,1H3,(H,21,23). The molecule has 5 nitrogen and oxygen atoms in total. The number of nitrogens with zero attached hydrogens (tertiary/aromatic N) is 1. The predicted octanol–water partition coefficient (Wildman–Crippen LogP) is 1.32. The lowest BCUT2D eigenvalue weighted by molar-refractivity contribution is -0.146. The number of piperidine rings is 1. The first-order valence-corrected chi connectivity index (χ1v) is 9.07. The number of methoxy groups -OCH3 is 1. The summed E-state index contributed by atoms with van der Waals surface area (Å²) >= 11 is 0. The third-order valence-corrected chi connectivity index (χ3v) is 5.36. The molecule has 132 valence electrons. The maximum absolute atomic E-state index is 12.5. The summed E-state index contributed by atoms with van der Waals surface area (Å²) in [6.45, 7) is 5.56. The van der Waals surface area contributed by atoms with Crippen LogP contribution in [0.2, 0.25) is 0 Å². The number of hydrogen-bond donors (Lipinski definition) is 2. The number of ether oxygens (including phenoxy) is 1. The highest BCUT2D eigenvalue weighted by Gasteiger charge is 2.39. The number of fused-ring (bicyclic) bond motifs is 1. The minimum atomic E-state index is -0.630. The van der Waals surface area contributed by atoms with Crippen LogP contribution in [0.5, 0.6) is 0 Å². The molecule has 2 N–H and O–H groups in total. The van der Waals surface area contributed by atoms with Crippen LogP contribution in [0.15, 0.2) is 24.3 Å². The Labute approximate surface area is 144 Å². The molecule has 2 aliphatic rings. The van der Waals surface area contributed by atoms with Crippen molar-refractivity contribution >= 4 is 5.91 Å². The summed E-state index contributed by atoms with van der Waals surface area (Å²) in [6, 6.07) is 8.70. The van der Waals surface area contributed by atoms with Gasteiger partial charge in [0.15, 0.2) is 0 Å². The zero-order valence-corrected chi connectivity index (χ0v) is 14.6. The number of rotatable bonds is 6. The van der Waals surface area contributed by atoms with E-state index in [9.17, 15) is 4.79 Å². The molecule has 5 heteroatoms. The number of carbonyl (C=O) groups is 1. The number of nitrogens with one attached hydrogen (secondary N) is 2. The van der Waals surface area contributed by atoms with Gasteiger partial charge >= 0.3 is 0 Å². The van der Waals surface area contributed by atoms with Crippen LogP contribution in [0.25, 0.3) is 0 Å². The smallest absolute Gasteiger partial charge is 0.252 e. The third-order valence-electron chi connectivity index (χ3n) is 5.36. The molecule has 1 aromatic carbocycles. The molecule has 0 radical (unpaired) electrons. The highest BCUT2D eigenvalue weighted by atomic mass is 16.5.